The summed E-state index contributed by atoms with van der Waals surface area (Å²) in [7, 11) is 1.77. The Balaban J connectivity index is 0. The number of nitrogens with one attached hydrogen (secondary N) is 2. The van der Waals surface area contributed by atoms with Crippen LogP contribution in [0, 0.1) is 31.1 Å². The van der Waals surface area contributed by atoms with Crippen molar-refractivity contribution in [3.63, 3.8) is 0 Å². The molecule has 0 amide bonds. The van der Waals surface area contributed by atoms with Gasteiger partial charge in [0.15, 0.2) is 12.4 Å². The van der Waals surface area contributed by atoms with Crippen molar-refractivity contribution >= 4 is 0 Å². The number of aliphatic hydroxyl groups is 4. The molecule has 0 aromatic rings. The molecule has 1 fully saturated rings. The van der Waals surface area contributed by atoms with Gasteiger partial charge in [0.25, 0.3) is 0 Å². The number of likely N-dealkylation sites (N-methyl/N-ethyl adjacent to an activating group) is 1. The van der Waals surface area contributed by atoms with E-state index >= 15 is 0 Å². The maximum Gasteiger partial charge on any atom is 0.187 e. The molecule has 0 saturated carbocycles. The molecular formula is C20H39N2O7U-. The summed E-state index contributed by atoms with van der Waals surface area (Å²) in [5, 5.41) is 42.2. The van der Waals surface area contributed by atoms with Crippen LogP contribution in [0.2, 0.25) is 0 Å². The molecule has 0 aromatic heterocycles. The zero-order chi connectivity index (χ0) is 22.4. The maximum absolute atomic E-state index is 10.4. The fourth-order valence-electron chi connectivity index (χ4n) is 2.49. The van der Waals surface area contributed by atoms with Gasteiger partial charge in [0.05, 0.1) is 24.7 Å². The van der Waals surface area contributed by atoms with Gasteiger partial charge < -0.3 is 45.7 Å². The molecule has 2 aliphatic rings. The summed E-state index contributed by atoms with van der Waals surface area (Å²) in [5.41, 5.74) is 6.58. The van der Waals surface area contributed by atoms with Crippen LogP contribution in [0.25, 0.3) is 5.73 Å². The average Bonchev–Trinajstić information content (AvgIpc) is 2.69. The smallest absolute Gasteiger partial charge is 0.187 e. The summed E-state index contributed by atoms with van der Waals surface area (Å²) in [6.07, 6.45) is -1.27. The fraction of sp³-hybridized carbons (Fsp3) is 0.800. The van der Waals surface area contributed by atoms with Gasteiger partial charge in [-0.1, -0.05) is 27.7 Å². The summed E-state index contributed by atoms with van der Waals surface area (Å²) in [6.45, 7) is 8.12. The first-order chi connectivity index (χ1) is 13.8. The van der Waals surface area contributed by atoms with Crippen molar-refractivity contribution in [3.05, 3.63) is 29.4 Å². The van der Waals surface area contributed by atoms with Gasteiger partial charge in [-0.05, 0) is 19.2 Å². The number of rotatable bonds is 7. The normalized spacial score (nSPS) is 28.0. The monoisotopic (exact) mass is 657 g/mol. The Morgan fingerprint density at radius 2 is 1.80 bits per heavy atom. The Labute approximate surface area is 204 Å². The number of hydrogen-bond donors (Lipinski definition) is 5. The standard InChI is InChI=1S/C15H25NO7.C3H8N.C2H6.U/c1-16-6-7-21-15-13(20)14(12(19)11(8-17)23-15)22-10-4-2-9(18)3-5-10;1-3(2)4;1-2;/h2,4,11-20H,3,5-8H2,1H3;3-4H,1-2H3;1-2H3;/q;-1;;. The van der Waals surface area contributed by atoms with Crippen molar-refractivity contribution in [1.29, 1.82) is 0 Å². The van der Waals surface area contributed by atoms with Gasteiger partial charge >= 0.3 is 0 Å². The van der Waals surface area contributed by atoms with Crippen LogP contribution in [0.5, 0.6) is 0 Å². The molecule has 30 heavy (non-hydrogen) atoms. The second-order valence-electron chi connectivity index (χ2n) is 6.71. The summed E-state index contributed by atoms with van der Waals surface area (Å²) < 4.78 is 16.5. The van der Waals surface area contributed by atoms with E-state index in [0.29, 0.717) is 31.8 Å². The van der Waals surface area contributed by atoms with Crippen molar-refractivity contribution in [2.24, 2.45) is 0 Å². The largest absolute Gasteiger partial charge is 0.675 e. The number of hydrogen-bond acceptors (Lipinski definition) is 8. The van der Waals surface area contributed by atoms with Crippen LogP contribution in [0.3, 0.4) is 0 Å². The van der Waals surface area contributed by atoms with Crippen LogP contribution < -0.4 is 5.32 Å². The Morgan fingerprint density at radius 3 is 2.27 bits per heavy atom. The first kappa shape index (κ1) is 32.0. The second kappa shape index (κ2) is 18.4. The number of allylic oxidation sites excluding steroid dienone is 4. The van der Waals surface area contributed by atoms with E-state index in [1.54, 1.807) is 13.1 Å². The third kappa shape index (κ3) is 12.0. The molecule has 0 aromatic carbocycles. The van der Waals surface area contributed by atoms with E-state index in [4.69, 9.17) is 19.9 Å². The second-order valence-corrected chi connectivity index (χ2v) is 6.71. The topological polar surface area (TPSA) is 144 Å². The molecule has 10 heteroatoms. The minimum atomic E-state index is -1.20. The zero-order valence-corrected chi connectivity index (χ0v) is 22.8. The Morgan fingerprint density at radius 1 is 1.20 bits per heavy atom. The predicted octanol–water partition coefficient (Wildman–Crippen LogP) is 1.64. The van der Waals surface area contributed by atoms with Crippen LogP contribution in [-0.2, 0) is 14.2 Å². The average molecular weight is 658 g/mol. The van der Waals surface area contributed by atoms with Gasteiger partial charge in [-0.3, -0.25) is 0 Å². The van der Waals surface area contributed by atoms with E-state index < -0.39 is 37.3 Å². The molecule has 9 nitrogen and oxygen atoms in total. The fourth-order valence-corrected chi connectivity index (χ4v) is 2.49. The first-order valence-corrected chi connectivity index (χ1v) is 10.1. The van der Waals surface area contributed by atoms with Crippen molar-refractivity contribution in [1.82, 2.24) is 5.32 Å². The number of ether oxygens (including phenoxy) is 3. The van der Waals surface area contributed by atoms with Crippen LogP contribution in [-0.4, -0.2) is 84.0 Å². The van der Waals surface area contributed by atoms with E-state index in [0.717, 1.165) is 0 Å². The van der Waals surface area contributed by atoms with Crippen LogP contribution >= 0.6 is 0 Å². The molecular weight excluding hydrogens is 618 g/mol. The minimum Gasteiger partial charge on any atom is -0.675 e. The molecule has 6 N–H and O–H groups in total. The quantitative estimate of drug-likeness (QED) is 0.260. The molecule has 1 aliphatic carbocycles. The van der Waals surface area contributed by atoms with Gasteiger partial charge in [-0.25, -0.2) is 0 Å². The van der Waals surface area contributed by atoms with Gasteiger partial charge in [-0.15, -0.1) is 6.04 Å². The molecule has 176 valence electrons. The molecule has 0 bridgehead atoms. The number of aliphatic hydroxyl groups excluding tert-OH is 4. The van der Waals surface area contributed by atoms with Crippen LogP contribution in [0.4, 0.5) is 0 Å². The Kier molecular flexibility index (Phi) is 19.7. The van der Waals surface area contributed by atoms with Gasteiger partial charge in [-0.2, -0.15) is 0 Å². The van der Waals surface area contributed by atoms with Gasteiger partial charge in [0, 0.05) is 50.5 Å². The minimum absolute atomic E-state index is 0. The summed E-state index contributed by atoms with van der Waals surface area (Å²) in [5.74, 6) is 0.797. The van der Waals surface area contributed by atoms with Crippen molar-refractivity contribution in [3.8, 4) is 0 Å². The third-order valence-corrected chi connectivity index (χ3v) is 3.83. The Bertz CT molecular complexity index is 489. The van der Waals surface area contributed by atoms with E-state index in [-0.39, 0.29) is 42.9 Å². The molecule has 5 atom stereocenters. The van der Waals surface area contributed by atoms with E-state index in [2.05, 4.69) is 5.32 Å². The van der Waals surface area contributed by atoms with Crippen molar-refractivity contribution in [2.45, 2.75) is 77.3 Å². The van der Waals surface area contributed by atoms with E-state index in [9.17, 15) is 20.4 Å². The SMILES string of the molecule is CC.CC(C)[NH-].CNCCOC1OC(CO)C(O)C(OC2=CC=C(O)CC2)C1O.[U]. The zero-order valence-electron chi connectivity index (χ0n) is 18.7. The van der Waals surface area contributed by atoms with Crippen molar-refractivity contribution < 1.29 is 65.7 Å². The first-order valence-electron chi connectivity index (χ1n) is 10.1. The molecule has 1 saturated heterocycles. The van der Waals surface area contributed by atoms with E-state index in [1.807, 2.05) is 27.7 Å². The van der Waals surface area contributed by atoms with Gasteiger partial charge in [0.2, 0.25) is 0 Å². The van der Waals surface area contributed by atoms with Crippen LogP contribution in [0.1, 0.15) is 40.5 Å². The van der Waals surface area contributed by atoms with Crippen LogP contribution in [0.15, 0.2) is 23.7 Å². The summed E-state index contributed by atoms with van der Waals surface area (Å²) >= 11 is 0. The molecule has 2 rings (SSSR count). The van der Waals surface area contributed by atoms with Gasteiger partial charge in [0.1, 0.15) is 18.3 Å². The molecule has 0 radical (unpaired) electrons. The molecule has 1 heterocycles. The molecule has 5 unspecified atom stereocenters. The molecule has 1 aliphatic heterocycles. The predicted molar refractivity (Wildman–Crippen MR) is 111 cm³/mol. The maximum atomic E-state index is 10.4. The Hall–Kier alpha value is -0.148. The van der Waals surface area contributed by atoms with Crippen molar-refractivity contribution in [2.75, 3.05) is 26.8 Å². The third-order valence-electron chi connectivity index (χ3n) is 3.83. The molecule has 0 spiro atoms. The van der Waals surface area contributed by atoms with E-state index in [1.165, 1.54) is 6.08 Å². The summed E-state index contributed by atoms with van der Waals surface area (Å²) in [4.78, 5) is 0. The summed E-state index contributed by atoms with van der Waals surface area (Å²) in [6, 6.07) is 0.0833.